The summed E-state index contributed by atoms with van der Waals surface area (Å²) in [5, 5.41) is 8.29. The monoisotopic (exact) mass is 171 g/mol. The van der Waals surface area contributed by atoms with Crippen LogP contribution in [-0.2, 0) is 0 Å². The number of nitrogens with zero attached hydrogens (tertiary/aromatic N) is 1. The Morgan fingerprint density at radius 1 is 1.45 bits per heavy atom. The van der Waals surface area contributed by atoms with E-state index in [4.69, 9.17) is 16.6 Å². The maximum atomic E-state index is 11.5. The fraction of sp³-hybridized carbons (Fsp3) is 0.750. The molecular formula is C4H8F3N3O. The van der Waals surface area contributed by atoms with Gasteiger partial charge >= 0.3 is 6.18 Å². The molecule has 0 heterocycles. The Bertz CT molecular complexity index is 151. The van der Waals surface area contributed by atoms with Crippen LogP contribution in [0.4, 0.5) is 13.2 Å². The molecule has 0 aromatic rings. The van der Waals surface area contributed by atoms with E-state index in [1.165, 1.54) is 0 Å². The molecule has 0 unspecified atom stereocenters. The van der Waals surface area contributed by atoms with Crippen molar-refractivity contribution >= 4 is 5.96 Å². The molecule has 4 nitrogen and oxygen atoms in total. The molecule has 5 N–H and O–H groups in total. The average Bonchev–Trinajstić information content (AvgIpc) is 1.80. The summed E-state index contributed by atoms with van der Waals surface area (Å²) in [6, 6.07) is 0. The van der Waals surface area contributed by atoms with Crippen molar-refractivity contribution in [1.29, 1.82) is 0 Å². The lowest BCUT2D eigenvalue weighted by atomic mass is 10.3. The second-order valence-electron chi connectivity index (χ2n) is 1.82. The molecule has 0 aliphatic heterocycles. The lowest BCUT2D eigenvalue weighted by Crippen LogP contribution is -2.33. The van der Waals surface area contributed by atoms with Crippen molar-refractivity contribution in [3.63, 3.8) is 0 Å². The van der Waals surface area contributed by atoms with Crippen LogP contribution in [0.3, 0.4) is 0 Å². The molecule has 0 aliphatic rings. The highest BCUT2D eigenvalue weighted by atomic mass is 19.4. The van der Waals surface area contributed by atoms with Gasteiger partial charge in [-0.25, -0.2) is 0 Å². The SMILES string of the molecule is NC(N)=NC[C@H](O)C(F)(F)F. The average molecular weight is 171 g/mol. The zero-order valence-electron chi connectivity index (χ0n) is 5.47. The maximum Gasteiger partial charge on any atom is 0.416 e. The quantitative estimate of drug-likeness (QED) is 0.375. The highest BCUT2D eigenvalue weighted by Crippen LogP contribution is 2.19. The Hall–Kier alpha value is -0.980. The second-order valence-corrected chi connectivity index (χ2v) is 1.82. The second kappa shape index (κ2) is 3.42. The summed E-state index contributed by atoms with van der Waals surface area (Å²) in [4.78, 5) is 2.99. The van der Waals surface area contributed by atoms with Gasteiger partial charge < -0.3 is 16.6 Å². The van der Waals surface area contributed by atoms with Crippen molar-refractivity contribution in [1.82, 2.24) is 0 Å². The first-order chi connectivity index (χ1) is 4.84. The van der Waals surface area contributed by atoms with Crippen LogP contribution in [0, 0.1) is 0 Å². The minimum Gasteiger partial charge on any atom is -0.382 e. The van der Waals surface area contributed by atoms with Crippen molar-refractivity contribution in [2.45, 2.75) is 12.3 Å². The van der Waals surface area contributed by atoms with E-state index in [-0.39, 0.29) is 0 Å². The molecule has 0 spiro atoms. The van der Waals surface area contributed by atoms with Crippen LogP contribution in [0.15, 0.2) is 4.99 Å². The zero-order valence-corrected chi connectivity index (χ0v) is 5.47. The highest BCUT2D eigenvalue weighted by Gasteiger charge is 2.37. The molecule has 0 aromatic carbocycles. The highest BCUT2D eigenvalue weighted by molar-refractivity contribution is 5.75. The topological polar surface area (TPSA) is 84.6 Å². The van der Waals surface area contributed by atoms with E-state index in [0.29, 0.717) is 0 Å². The van der Waals surface area contributed by atoms with Gasteiger partial charge in [0.25, 0.3) is 0 Å². The summed E-state index contributed by atoms with van der Waals surface area (Å²) in [7, 11) is 0. The molecule has 0 saturated heterocycles. The molecule has 7 heteroatoms. The summed E-state index contributed by atoms with van der Waals surface area (Å²) in [5.74, 6) is -0.478. The largest absolute Gasteiger partial charge is 0.416 e. The molecule has 0 fully saturated rings. The number of aliphatic imine (C=N–C) groups is 1. The van der Waals surface area contributed by atoms with Crippen LogP contribution < -0.4 is 11.5 Å². The Kier molecular flexibility index (Phi) is 3.12. The van der Waals surface area contributed by atoms with Crippen molar-refractivity contribution in [3.8, 4) is 0 Å². The fourth-order valence-corrected chi connectivity index (χ4v) is 0.295. The van der Waals surface area contributed by atoms with Gasteiger partial charge in [-0.2, -0.15) is 13.2 Å². The third kappa shape index (κ3) is 4.43. The van der Waals surface area contributed by atoms with E-state index in [1.807, 2.05) is 0 Å². The van der Waals surface area contributed by atoms with Gasteiger partial charge in [-0.15, -0.1) is 0 Å². The molecule has 0 bridgehead atoms. The minimum atomic E-state index is -4.67. The van der Waals surface area contributed by atoms with Gasteiger partial charge in [0.2, 0.25) is 0 Å². The van der Waals surface area contributed by atoms with Crippen molar-refractivity contribution in [3.05, 3.63) is 0 Å². The van der Waals surface area contributed by atoms with Crippen LogP contribution in [0.2, 0.25) is 0 Å². The number of aliphatic hydroxyl groups excluding tert-OH is 1. The van der Waals surface area contributed by atoms with E-state index < -0.39 is 24.8 Å². The van der Waals surface area contributed by atoms with Gasteiger partial charge in [-0.1, -0.05) is 0 Å². The number of halogens is 3. The van der Waals surface area contributed by atoms with Crippen molar-refractivity contribution in [2.75, 3.05) is 6.54 Å². The van der Waals surface area contributed by atoms with Crippen LogP contribution >= 0.6 is 0 Å². The third-order valence-corrected chi connectivity index (χ3v) is 0.825. The number of hydrogen-bond acceptors (Lipinski definition) is 2. The first-order valence-electron chi connectivity index (χ1n) is 2.64. The minimum absolute atomic E-state index is 0.478. The predicted octanol–water partition coefficient (Wildman–Crippen LogP) is -0.817. The smallest absolute Gasteiger partial charge is 0.382 e. The predicted molar refractivity (Wildman–Crippen MR) is 32.7 cm³/mol. The molecule has 0 aliphatic carbocycles. The lowest BCUT2D eigenvalue weighted by molar-refractivity contribution is -0.199. The number of rotatable bonds is 2. The van der Waals surface area contributed by atoms with Crippen LogP contribution in [-0.4, -0.2) is 29.9 Å². The van der Waals surface area contributed by atoms with Crippen LogP contribution in [0.25, 0.3) is 0 Å². The van der Waals surface area contributed by atoms with Gasteiger partial charge in [-0.3, -0.25) is 4.99 Å². The van der Waals surface area contributed by atoms with Gasteiger partial charge in [0.15, 0.2) is 12.1 Å². The van der Waals surface area contributed by atoms with Crippen molar-refractivity contribution < 1.29 is 18.3 Å². The molecular weight excluding hydrogens is 163 g/mol. The molecule has 66 valence electrons. The summed E-state index contributed by atoms with van der Waals surface area (Å²) < 4.78 is 34.5. The molecule has 1 atom stereocenters. The zero-order chi connectivity index (χ0) is 9.07. The Labute approximate surface area is 60.7 Å². The standard InChI is InChI=1S/C4H8F3N3O/c5-4(6,7)2(11)1-10-3(8)9/h2,11H,1H2,(H4,8,9,10)/t2-/m0/s1. The normalized spacial score (nSPS) is 14.2. The number of alkyl halides is 3. The van der Waals surface area contributed by atoms with E-state index in [1.54, 1.807) is 0 Å². The number of aliphatic hydroxyl groups is 1. The van der Waals surface area contributed by atoms with Gasteiger partial charge in [0.1, 0.15) is 0 Å². The van der Waals surface area contributed by atoms with Crippen LogP contribution in [0.5, 0.6) is 0 Å². The van der Waals surface area contributed by atoms with E-state index in [9.17, 15) is 13.2 Å². The third-order valence-electron chi connectivity index (χ3n) is 0.825. The van der Waals surface area contributed by atoms with Gasteiger partial charge in [0.05, 0.1) is 6.54 Å². The molecule has 0 saturated carbocycles. The van der Waals surface area contributed by atoms with E-state index in [2.05, 4.69) is 4.99 Å². The van der Waals surface area contributed by atoms with Crippen molar-refractivity contribution in [2.24, 2.45) is 16.5 Å². The lowest BCUT2D eigenvalue weighted by Gasteiger charge is -2.11. The van der Waals surface area contributed by atoms with Gasteiger partial charge in [-0.05, 0) is 0 Å². The first kappa shape index (κ1) is 10.0. The fourth-order valence-electron chi connectivity index (χ4n) is 0.295. The maximum absolute atomic E-state index is 11.5. The summed E-state index contributed by atoms with van der Waals surface area (Å²) in [6.45, 7) is -0.855. The first-order valence-corrected chi connectivity index (χ1v) is 2.64. The molecule has 0 aromatic heterocycles. The van der Waals surface area contributed by atoms with E-state index >= 15 is 0 Å². The Morgan fingerprint density at radius 3 is 2.18 bits per heavy atom. The number of guanidine groups is 1. The molecule has 0 rings (SSSR count). The Balaban J connectivity index is 3.89. The number of hydrogen-bond donors (Lipinski definition) is 3. The molecule has 0 amide bonds. The summed E-state index contributed by atoms with van der Waals surface area (Å²) >= 11 is 0. The van der Waals surface area contributed by atoms with Crippen LogP contribution in [0.1, 0.15) is 0 Å². The molecule has 11 heavy (non-hydrogen) atoms. The Morgan fingerprint density at radius 2 is 1.91 bits per heavy atom. The summed E-state index contributed by atoms with van der Waals surface area (Å²) in [6.07, 6.45) is -7.16. The summed E-state index contributed by atoms with van der Waals surface area (Å²) in [5.41, 5.74) is 9.47. The van der Waals surface area contributed by atoms with Gasteiger partial charge in [0, 0.05) is 0 Å². The molecule has 0 radical (unpaired) electrons. The van der Waals surface area contributed by atoms with E-state index in [0.717, 1.165) is 0 Å². The number of nitrogens with two attached hydrogens (primary N) is 2.